The third-order valence-corrected chi connectivity index (χ3v) is 6.00. The number of ketones is 1. The molecule has 1 aromatic heterocycles. The molecular weight excluding hydrogens is 366 g/mol. The summed E-state index contributed by atoms with van der Waals surface area (Å²) in [6.07, 6.45) is 0.538. The molecule has 0 saturated heterocycles. The van der Waals surface area contributed by atoms with E-state index in [9.17, 15) is 14.4 Å². The maximum Gasteiger partial charge on any atom is 0.336 e. The number of nitrogens with one attached hydrogen (secondary N) is 1. The van der Waals surface area contributed by atoms with Crippen LogP contribution in [0.5, 0.6) is 0 Å². The summed E-state index contributed by atoms with van der Waals surface area (Å²) in [5.41, 5.74) is 2.35. The Morgan fingerprint density at radius 2 is 2.11 bits per heavy atom. The van der Waals surface area contributed by atoms with Gasteiger partial charge in [-0.25, -0.2) is 4.79 Å². The van der Waals surface area contributed by atoms with Gasteiger partial charge in [0.05, 0.1) is 25.2 Å². The molecule has 1 aliphatic heterocycles. The Balaban J connectivity index is 2.14. The molecule has 0 radical (unpaired) electrons. The quantitative estimate of drug-likeness (QED) is 0.630. The molecular formula is C20H23NO5S. The number of dihydropyridines is 1. The number of esters is 2. The molecule has 6 nitrogen and oxygen atoms in total. The first kappa shape index (κ1) is 19.4. The highest BCUT2D eigenvalue weighted by Crippen LogP contribution is 2.46. The highest BCUT2D eigenvalue weighted by molar-refractivity contribution is 7.10. The van der Waals surface area contributed by atoms with Gasteiger partial charge in [0.25, 0.3) is 0 Å². The van der Waals surface area contributed by atoms with Crippen molar-refractivity contribution in [3.05, 3.63) is 44.9 Å². The molecule has 1 aromatic rings. The standard InChI is InChI=1S/C20H23NO5S/c1-5-26-20(24)15-11(3)21-12-9-10(2)14(19(23)25-4)18(22)16(12)17(15)13-7-6-8-27-13/h6-8,10,14,17,21H,5,9H2,1-4H3/t10-,14+,17-/m1/s1. The van der Waals surface area contributed by atoms with Crippen LogP contribution < -0.4 is 5.32 Å². The largest absolute Gasteiger partial charge is 0.468 e. The average molecular weight is 389 g/mol. The number of carbonyl (C=O) groups is 3. The minimum atomic E-state index is -0.861. The molecule has 1 aliphatic carbocycles. The molecule has 1 N–H and O–H groups in total. The molecule has 0 fully saturated rings. The Morgan fingerprint density at radius 1 is 1.37 bits per heavy atom. The second-order valence-corrected chi connectivity index (χ2v) is 7.75. The van der Waals surface area contributed by atoms with Crippen molar-refractivity contribution in [3.8, 4) is 0 Å². The van der Waals surface area contributed by atoms with Gasteiger partial charge in [-0.1, -0.05) is 13.0 Å². The van der Waals surface area contributed by atoms with E-state index in [1.54, 1.807) is 6.92 Å². The fourth-order valence-corrected chi connectivity index (χ4v) is 4.74. The predicted molar refractivity (Wildman–Crippen MR) is 101 cm³/mol. The fourth-order valence-electron chi connectivity index (χ4n) is 3.90. The van der Waals surface area contributed by atoms with E-state index in [1.165, 1.54) is 18.4 Å². The third kappa shape index (κ3) is 3.32. The number of carbonyl (C=O) groups excluding carboxylic acids is 3. The highest BCUT2D eigenvalue weighted by Gasteiger charge is 2.47. The maximum absolute atomic E-state index is 13.3. The lowest BCUT2D eigenvalue weighted by Gasteiger charge is -2.37. The minimum Gasteiger partial charge on any atom is -0.468 e. The van der Waals surface area contributed by atoms with Crippen molar-refractivity contribution in [2.45, 2.75) is 33.1 Å². The Kier molecular flexibility index (Phi) is 5.51. The van der Waals surface area contributed by atoms with Crippen LogP contribution >= 0.6 is 11.3 Å². The van der Waals surface area contributed by atoms with E-state index >= 15 is 0 Å². The molecule has 27 heavy (non-hydrogen) atoms. The van der Waals surface area contributed by atoms with Crippen LogP contribution in [0.4, 0.5) is 0 Å². The van der Waals surface area contributed by atoms with Gasteiger partial charge in [-0.15, -0.1) is 11.3 Å². The first-order chi connectivity index (χ1) is 12.9. The first-order valence-electron chi connectivity index (χ1n) is 8.94. The number of hydrogen-bond donors (Lipinski definition) is 1. The zero-order chi connectivity index (χ0) is 19.7. The SMILES string of the molecule is CCOC(=O)C1=C(C)NC2=C(C(=O)[C@@H](C(=O)OC)[C@H](C)C2)[C@@H]1c1cccs1. The number of methoxy groups -OCH3 is 1. The molecule has 0 unspecified atom stereocenters. The lowest BCUT2D eigenvalue weighted by atomic mass is 9.70. The van der Waals surface area contributed by atoms with Crippen LogP contribution in [0.2, 0.25) is 0 Å². The van der Waals surface area contributed by atoms with E-state index in [0.29, 0.717) is 23.3 Å². The number of thiophene rings is 1. The van der Waals surface area contributed by atoms with Gasteiger partial charge in [0.15, 0.2) is 5.78 Å². The molecule has 7 heteroatoms. The molecule has 0 amide bonds. The molecule has 3 atom stereocenters. The average Bonchev–Trinajstić information content (AvgIpc) is 3.14. The molecule has 2 aliphatic rings. The van der Waals surface area contributed by atoms with Crippen LogP contribution in [0.15, 0.2) is 40.1 Å². The van der Waals surface area contributed by atoms with Gasteiger partial charge in [0.1, 0.15) is 5.92 Å². The third-order valence-electron chi connectivity index (χ3n) is 5.07. The van der Waals surface area contributed by atoms with Crippen LogP contribution in [0, 0.1) is 11.8 Å². The minimum absolute atomic E-state index is 0.183. The van der Waals surface area contributed by atoms with E-state index in [4.69, 9.17) is 9.47 Å². The number of allylic oxidation sites excluding steroid dienone is 3. The molecule has 0 saturated carbocycles. The van der Waals surface area contributed by atoms with Gasteiger partial charge < -0.3 is 14.8 Å². The molecule has 2 heterocycles. The van der Waals surface area contributed by atoms with Crippen LogP contribution in [0.1, 0.15) is 38.0 Å². The van der Waals surface area contributed by atoms with E-state index < -0.39 is 23.8 Å². The van der Waals surface area contributed by atoms with Gasteiger partial charge >= 0.3 is 11.9 Å². The van der Waals surface area contributed by atoms with Crippen molar-refractivity contribution >= 4 is 29.1 Å². The molecule has 0 bridgehead atoms. The van der Waals surface area contributed by atoms with Crippen molar-refractivity contribution in [2.24, 2.45) is 11.8 Å². The second-order valence-electron chi connectivity index (χ2n) is 6.77. The Labute approximate surface area is 162 Å². The van der Waals surface area contributed by atoms with Crippen molar-refractivity contribution in [1.82, 2.24) is 5.32 Å². The number of hydrogen-bond acceptors (Lipinski definition) is 7. The summed E-state index contributed by atoms with van der Waals surface area (Å²) in [6, 6.07) is 3.78. The number of ether oxygens (including phenoxy) is 2. The number of rotatable bonds is 4. The van der Waals surface area contributed by atoms with Crippen LogP contribution in [-0.2, 0) is 23.9 Å². The summed E-state index contributed by atoms with van der Waals surface area (Å²) >= 11 is 1.47. The second kappa shape index (κ2) is 7.68. The molecule has 0 spiro atoms. The van der Waals surface area contributed by atoms with Crippen molar-refractivity contribution in [1.29, 1.82) is 0 Å². The van der Waals surface area contributed by atoms with Gasteiger partial charge in [-0.3, -0.25) is 9.59 Å². The Hall–Kier alpha value is -2.41. The van der Waals surface area contributed by atoms with Gasteiger partial charge in [-0.05, 0) is 37.6 Å². The van der Waals surface area contributed by atoms with Crippen molar-refractivity contribution in [3.63, 3.8) is 0 Å². The summed E-state index contributed by atoms with van der Waals surface area (Å²) in [4.78, 5) is 39.2. The summed E-state index contributed by atoms with van der Waals surface area (Å²) in [5.74, 6) is -2.85. The van der Waals surface area contributed by atoms with Crippen molar-refractivity contribution < 1.29 is 23.9 Å². The lowest BCUT2D eigenvalue weighted by Crippen LogP contribution is -2.43. The van der Waals surface area contributed by atoms with E-state index in [1.807, 2.05) is 31.4 Å². The van der Waals surface area contributed by atoms with Gasteiger partial charge in [0.2, 0.25) is 0 Å². The fraction of sp³-hybridized carbons (Fsp3) is 0.450. The lowest BCUT2D eigenvalue weighted by molar-refractivity contribution is -0.151. The summed E-state index contributed by atoms with van der Waals surface area (Å²) < 4.78 is 10.1. The molecule has 3 rings (SSSR count). The van der Waals surface area contributed by atoms with Crippen molar-refractivity contribution in [2.75, 3.05) is 13.7 Å². The molecule has 144 valence electrons. The van der Waals surface area contributed by atoms with Crippen LogP contribution in [0.3, 0.4) is 0 Å². The molecule has 0 aromatic carbocycles. The normalized spacial score (nSPS) is 25.0. The summed E-state index contributed by atoms with van der Waals surface area (Å²) in [7, 11) is 1.29. The predicted octanol–water partition coefficient (Wildman–Crippen LogP) is 2.92. The monoisotopic (exact) mass is 389 g/mol. The maximum atomic E-state index is 13.3. The topological polar surface area (TPSA) is 81.7 Å². The number of Topliss-reactive ketones (excluding diaryl/α,β-unsaturated/α-hetero) is 1. The Bertz CT molecular complexity index is 837. The first-order valence-corrected chi connectivity index (χ1v) is 9.82. The smallest absolute Gasteiger partial charge is 0.336 e. The zero-order valence-corrected chi connectivity index (χ0v) is 16.6. The van der Waals surface area contributed by atoms with E-state index in [0.717, 1.165) is 10.6 Å². The van der Waals surface area contributed by atoms with Gasteiger partial charge in [-0.2, -0.15) is 0 Å². The van der Waals surface area contributed by atoms with E-state index in [-0.39, 0.29) is 18.3 Å². The highest BCUT2D eigenvalue weighted by atomic mass is 32.1. The Morgan fingerprint density at radius 3 is 2.70 bits per heavy atom. The van der Waals surface area contributed by atoms with Gasteiger partial charge in [0, 0.05) is 21.8 Å². The van der Waals surface area contributed by atoms with Crippen LogP contribution in [0.25, 0.3) is 0 Å². The zero-order valence-electron chi connectivity index (χ0n) is 15.8. The summed E-state index contributed by atoms with van der Waals surface area (Å²) in [6.45, 7) is 5.67. The van der Waals surface area contributed by atoms with E-state index in [2.05, 4.69) is 5.32 Å². The van der Waals surface area contributed by atoms with Crippen LogP contribution in [-0.4, -0.2) is 31.4 Å². The summed E-state index contributed by atoms with van der Waals surface area (Å²) in [5, 5.41) is 5.13.